The number of carbonyl (C=O) groups is 2. The molecular weight excluding hydrogens is 300 g/mol. The van der Waals surface area contributed by atoms with E-state index < -0.39 is 0 Å². The molecular formula is C17H21ClN2O2. The second kappa shape index (κ2) is 6.29. The summed E-state index contributed by atoms with van der Waals surface area (Å²) in [5.74, 6) is 1.21. The van der Waals surface area contributed by atoms with Crippen LogP contribution in [-0.2, 0) is 16.0 Å². The molecule has 5 heteroatoms. The van der Waals surface area contributed by atoms with E-state index in [2.05, 4.69) is 5.32 Å². The van der Waals surface area contributed by atoms with Gasteiger partial charge in [0.05, 0.1) is 6.42 Å². The number of carbonyl (C=O) groups excluding carboxylic acids is 2. The van der Waals surface area contributed by atoms with Crippen molar-refractivity contribution in [1.29, 1.82) is 0 Å². The van der Waals surface area contributed by atoms with E-state index in [0.717, 1.165) is 24.9 Å². The molecule has 2 amide bonds. The minimum absolute atomic E-state index is 0.116. The second-order valence-corrected chi connectivity index (χ2v) is 6.90. The minimum Gasteiger partial charge on any atom is -0.356 e. The number of nitrogens with zero attached hydrogens (tertiary/aromatic N) is 1. The van der Waals surface area contributed by atoms with E-state index in [4.69, 9.17) is 11.6 Å². The molecule has 1 N–H and O–H groups in total. The van der Waals surface area contributed by atoms with E-state index in [9.17, 15) is 9.59 Å². The van der Waals surface area contributed by atoms with Gasteiger partial charge in [0.2, 0.25) is 11.8 Å². The number of fused-ring (bicyclic) bond motifs is 1. The Morgan fingerprint density at radius 2 is 2.14 bits per heavy atom. The Bertz CT molecular complexity index is 590. The number of hydrogen-bond donors (Lipinski definition) is 1. The van der Waals surface area contributed by atoms with Crippen LogP contribution in [0.5, 0.6) is 0 Å². The molecule has 1 heterocycles. The van der Waals surface area contributed by atoms with Gasteiger partial charge < -0.3 is 10.2 Å². The first kappa shape index (κ1) is 15.3. The van der Waals surface area contributed by atoms with E-state index >= 15 is 0 Å². The van der Waals surface area contributed by atoms with Crippen LogP contribution >= 0.6 is 11.6 Å². The molecule has 0 aromatic heterocycles. The van der Waals surface area contributed by atoms with E-state index in [-0.39, 0.29) is 17.9 Å². The van der Waals surface area contributed by atoms with Gasteiger partial charge in [-0.1, -0.05) is 23.7 Å². The summed E-state index contributed by atoms with van der Waals surface area (Å²) in [5, 5.41) is 3.59. The Hall–Kier alpha value is -1.55. The Morgan fingerprint density at radius 1 is 1.36 bits per heavy atom. The van der Waals surface area contributed by atoms with Crippen molar-refractivity contribution in [2.75, 3.05) is 13.6 Å². The van der Waals surface area contributed by atoms with Crippen LogP contribution in [0.15, 0.2) is 24.3 Å². The van der Waals surface area contributed by atoms with E-state index in [1.165, 1.54) is 0 Å². The first-order valence-corrected chi connectivity index (χ1v) is 8.17. The fraction of sp³-hybridized carbons (Fsp3) is 0.529. The molecule has 3 rings (SSSR count). The van der Waals surface area contributed by atoms with Gasteiger partial charge in [-0.05, 0) is 42.4 Å². The minimum atomic E-state index is 0.116. The van der Waals surface area contributed by atoms with Crippen LogP contribution in [0.1, 0.15) is 24.8 Å². The number of likely N-dealkylation sites (N-methyl/N-ethyl adjacent to an activating group) is 1. The standard InChI is InChI=1S/C17H21ClN2O2/c1-20(17(22)6-11-3-2-4-14(18)5-11)15-7-12-9-16(21)19-10-13(12)8-15/h2-5,12-13,15H,6-10H2,1H3,(H,19,21)/t12-,13+,15-/m1/s1. The normalized spacial score (nSPS) is 27.2. The predicted octanol–water partition coefficient (Wildman–Crippen LogP) is 2.26. The van der Waals surface area contributed by atoms with Gasteiger partial charge in [-0.15, -0.1) is 0 Å². The lowest BCUT2D eigenvalue weighted by Gasteiger charge is -2.25. The smallest absolute Gasteiger partial charge is 0.226 e. The number of rotatable bonds is 3. The molecule has 3 atom stereocenters. The van der Waals surface area contributed by atoms with Crippen molar-refractivity contribution in [3.8, 4) is 0 Å². The van der Waals surface area contributed by atoms with Crippen molar-refractivity contribution in [2.45, 2.75) is 31.7 Å². The van der Waals surface area contributed by atoms with Crippen LogP contribution in [0.2, 0.25) is 5.02 Å². The lowest BCUT2D eigenvalue weighted by atomic mass is 9.89. The highest BCUT2D eigenvalue weighted by molar-refractivity contribution is 6.30. The summed E-state index contributed by atoms with van der Waals surface area (Å²) in [6, 6.07) is 7.69. The van der Waals surface area contributed by atoms with Crippen molar-refractivity contribution in [1.82, 2.24) is 10.2 Å². The zero-order valence-electron chi connectivity index (χ0n) is 12.7. The van der Waals surface area contributed by atoms with Crippen molar-refractivity contribution in [3.63, 3.8) is 0 Å². The molecule has 1 aliphatic heterocycles. The molecule has 1 saturated carbocycles. The molecule has 1 aromatic carbocycles. The summed E-state index contributed by atoms with van der Waals surface area (Å²) in [7, 11) is 1.88. The molecule has 1 saturated heterocycles. The van der Waals surface area contributed by atoms with Gasteiger partial charge in [-0.2, -0.15) is 0 Å². The Labute approximate surface area is 135 Å². The third-order valence-electron chi connectivity index (χ3n) is 5.01. The van der Waals surface area contributed by atoms with E-state index in [1.807, 2.05) is 36.2 Å². The van der Waals surface area contributed by atoms with Gasteiger partial charge in [-0.25, -0.2) is 0 Å². The average molecular weight is 321 g/mol. The van der Waals surface area contributed by atoms with Crippen molar-refractivity contribution < 1.29 is 9.59 Å². The first-order valence-electron chi connectivity index (χ1n) is 7.79. The quantitative estimate of drug-likeness (QED) is 0.928. The maximum absolute atomic E-state index is 12.5. The Kier molecular flexibility index (Phi) is 4.39. The molecule has 0 radical (unpaired) electrons. The molecule has 4 nitrogen and oxygen atoms in total. The Balaban J connectivity index is 1.60. The van der Waals surface area contributed by atoms with Crippen molar-refractivity contribution in [3.05, 3.63) is 34.9 Å². The number of benzene rings is 1. The number of amides is 2. The molecule has 0 spiro atoms. The van der Waals surface area contributed by atoms with Crippen LogP contribution in [-0.4, -0.2) is 36.3 Å². The van der Waals surface area contributed by atoms with Crippen LogP contribution in [0.25, 0.3) is 0 Å². The van der Waals surface area contributed by atoms with Crippen molar-refractivity contribution in [2.24, 2.45) is 11.8 Å². The summed E-state index contributed by atoms with van der Waals surface area (Å²) in [6.07, 6.45) is 2.91. The molecule has 0 unspecified atom stereocenters. The van der Waals surface area contributed by atoms with Gasteiger partial charge in [-0.3, -0.25) is 9.59 Å². The lowest BCUT2D eigenvalue weighted by Crippen LogP contribution is -2.38. The fourth-order valence-electron chi connectivity index (χ4n) is 3.70. The summed E-state index contributed by atoms with van der Waals surface area (Å²) >= 11 is 5.97. The summed E-state index contributed by atoms with van der Waals surface area (Å²) in [6.45, 7) is 0.760. The van der Waals surface area contributed by atoms with Gasteiger partial charge in [0.15, 0.2) is 0 Å². The zero-order valence-corrected chi connectivity index (χ0v) is 13.5. The molecule has 118 valence electrons. The van der Waals surface area contributed by atoms with Gasteiger partial charge in [0.25, 0.3) is 0 Å². The summed E-state index contributed by atoms with van der Waals surface area (Å²) in [4.78, 5) is 25.8. The molecule has 2 fully saturated rings. The average Bonchev–Trinajstić information content (AvgIpc) is 2.89. The maximum atomic E-state index is 12.5. The van der Waals surface area contributed by atoms with Crippen LogP contribution < -0.4 is 5.32 Å². The van der Waals surface area contributed by atoms with Crippen LogP contribution in [0, 0.1) is 11.8 Å². The highest BCUT2D eigenvalue weighted by Crippen LogP contribution is 2.38. The number of hydrogen-bond acceptors (Lipinski definition) is 2. The highest BCUT2D eigenvalue weighted by Gasteiger charge is 2.40. The maximum Gasteiger partial charge on any atom is 0.226 e. The van der Waals surface area contributed by atoms with Crippen molar-refractivity contribution >= 4 is 23.4 Å². The monoisotopic (exact) mass is 320 g/mol. The van der Waals surface area contributed by atoms with Crippen LogP contribution in [0.3, 0.4) is 0 Å². The largest absolute Gasteiger partial charge is 0.356 e. The molecule has 0 bridgehead atoms. The SMILES string of the molecule is CN(C(=O)Cc1cccc(Cl)c1)[C@H]1C[C@H]2CNC(=O)C[C@H]2C1. The Morgan fingerprint density at radius 3 is 2.91 bits per heavy atom. The van der Waals surface area contributed by atoms with Crippen LogP contribution in [0.4, 0.5) is 0 Å². The summed E-state index contributed by atoms with van der Waals surface area (Å²) in [5.41, 5.74) is 0.941. The zero-order chi connectivity index (χ0) is 15.7. The topological polar surface area (TPSA) is 49.4 Å². The van der Waals surface area contributed by atoms with E-state index in [1.54, 1.807) is 0 Å². The van der Waals surface area contributed by atoms with Gasteiger partial charge in [0, 0.05) is 31.1 Å². The van der Waals surface area contributed by atoms with Gasteiger partial charge >= 0.3 is 0 Å². The summed E-state index contributed by atoms with van der Waals surface area (Å²) < 4.78 is 0. The fourth-order valence-corrected chi connectivity index (χ4v) is 3.91. The number of halogens is 1. The van der Waals surface area contributed by atoms with Gasteiger partial charge in [0.1, 0.15) is 0 Å². The second-order valence-electron chi connectivity index (χ2n) is 6.46. The third kappa shape index (κ3) is 3.27. The molecule has 2 aliphatic rings. The lowest BCUT2D eigenvalue weighted by molar-refractivity contribution is -0.131. The predicted molar refractivity (Wildman–Crippen MR) is 85.6 cm³/mol. The molecule has 22 heavy (non-hydrogen) atoms. The number of piperidine rings is 1. The number of nitrogens with one attached hydrogen (secondary N) is 1. The molecule has 1 aliphatic carbocycles. The first-order chi connectivity index (χ1) is 10.5. The third-order valence-corrected chi connectivity index (χ3v) is 5.25. The highest BCUT2D eigenvalue weighted by atomic mass is 35.5. The molecule has 1 aromatic rings. The van der Waals surface area contributed by atoms with E-state index in [0.29, 0.717) is 29.7 Å².